The highest BCUT2D eigenvalue weighted by Crippen LogP contribution is 2.40. The Morgan fingerprint density at radius 1 is 0.957 bits per heavy atom. The average molecular weight is 413 g/mol. The Labute approximate surface area is 149 Å². The van der Waals surface area contributed by atoms with Gasteiger partial charge in [0.15, 0.2) is 5.75 Å². The lowest BCUT2D eigenvalue weighted by Gasteiger charge is -2.10. The average Bonchev–Trinajstić information content (AvgIpc) is 2.50. The molecule has 0 aliphatic rings. The van der Waals surface area contributed by atoms with Gasteiger partial charge in [-0.05, 0) is 35.0 Å². The summed E-state index contributed by atoms with van der Waals surface area (Å²) in [5, 5.41) is 13.0. The molecule has 3 aromatic carbocycles. The molecule has 0 aliphatic heterocycles. The maximum atomic E-state index is 10.8. The minimum absolute atomic E-state index is 0.0834. The summed E-state index contributed by atoms with van der Waals surface area (Å²) < 4.78 is 6.70. The van der Waals surface area contributed by atoms with Crippen molar-refractivity contribution in [3.63, 3.8) is 0 Å². The molecule has 0 radical (unpaired) electrons. The first kappa shape index (κ1) is 16.1. The van der Waals surface area contributed by atoms with Crippen molar-refractivity contribution >= 4 is 55.6 Å². The van der Waals surface area contributed by atoms with Crippen LogP contribution >= 0.6 is 39.1 Å². The van der Waals surface area contributed by atoms with E-state index in [0.29, 0.717) is 5.75 Å². The highest BCUT2D eigenvalue weighted by atomic mass is 79.9. The smallest absolute Gasteiger partial charge is 0.272 e. The number of hydrogen-bond donors (Lipinski definition) is 0. The lowest BCUT2D eigenvalue weighted by atomic mass is 10.1. The minimum atomic E-state index is -0.560. The van der Waals surface area contributed by atoms with Crippen molar-refractivity contribution in [3.8, 4) is 11.5 Å². The molecule has 0 N–H and O–H groups in total. The van der Waals surface area contributed by atoms with Gasteiger partial charge in [0.2, 0.25) is 0 Å². The van der Waals surface area contributed by atoms with Gasteiger partial charge in [-0.25, -0.2) is 0 Å². The summed E-state index contributed by atoms with van der Waals surface area (Å²) in [7, 11) is 0. The third-order valence-corrected chi connectivity index (χ3v) is 4.24. The molecule has 3 rings (SSSR count). The topological polar surface area (TPSA) is 52.4 Å². The fourth-order valence-electron chi connectivity index (χ4n) is 2.13. The maximum absolute atomic E-state index is 10.8. The summed E-state index contributed by atoms with van der Waals surface area (Å²) in [4.78, 5) is 10.2. The van der Waals surface area contributed by atoms with E-state index in [4.69, 9.17) is 27.9 Å². The first-order valence-corrected chi connectivity index (χ1v) is 7.99. The number of nitro groups is 1. The van der Waals surface area contributed by atoms with Gasteiger partial charge < -0.3 is 4.74 Å². The molecular formula is C16H8BrCl2NO3. The molecule has 0 unspecified atom stereocenters. The molecule has 0 saturated carbocycles. The van der Waals surface area contributed by atoms with Crippen molar-refractivity contribution in [2.24, 2.45) is 0 Å². The van der Waals surface area contributed by atoms with Gasteiger partial charge in [-0.15, -0.1) is 0 Å². The maximum Gasteiger partial charge on any atom is 0.272 e. The molecule has 0 aliphatic carbocycles. The number of nitrogens with zero attached hydrogens (tertiary/aromatic N) is 1. The SMILES string of the molecule is O=[N+]([O-])c1cc(Cl)c(Oc2ccc3cc(Br)ccc3c2)c(Cl)c1. The summed E-state index contributed by atoms with van der Waals surface area (Å²) in [5.74, 6) is 0.730. The second-order valence-corrected chi connectivity index (χ2v) is 6.48. The van der Waals surface area contributed by atoms with Crippen LogP contribution in [0.3, 0.4) is 0 Å². The molecular weight excluding hydrogens is 405 g/mol. The summed E-state index contributed by atoms with van der Waals surface area (Å²) >= 11 is 15.5. The lowest BCUT2D eigenvalue weighted by molar-refractivity contribution is -0.384. The number of non-ortho nitro benzene ring substituents is 1. The number of nitro benzene ring substituents is 1. The molecule has 0 heterocycles. The largest absolute Gasteiger partial charge is 0.454 e. The Kier molecular flexibility index (Phi) is 4.43. The molecule has 4 nitrogen and oxygen atoms in total. The van der Waals surface area contributed by atoms with Gasteiger partial charge >= 0.3 is 0 Å². The Bertz CT molecular complexity index is 907. The monoisotopic (exact) mass is 411 g/mol. The molecule has 0 fully saturated rings. The van der Waals surface area contributed by atoms with Gasteiger partial charge in [-0.3, -0.25) is 10.1 Å². The van der Waals surface area contributed by atoms with Crippen molar-refractivity contribution in [3.05, 3.63) is 73.2 Å². The van der Waals surface area contributed by atoms with Crippen molar-refractivity contribution in [2.45, 2.75) is 0 Å². The normalized spacial score (nSPS) is 10.7. The molecule has 0 aromatic heterocycles. The fourth-order valence-corrected chi connectivity index (χ4v) is 3.06. The number of rotatable bonds is 3. The van der Waals surface area contributed by atoms with E-state index in [1.807, 2.05) is 30.3 Å². The van der Waals surface area contributed by atoms with Gasteiger partial charge in [0.1, 0.15) is 5.75 Å². The third-order valence-electron chi connectivity index (χ3n) is 3.19. The van der Waals surface area contributed by atoms with Crippen LogP contribution in [0.25, 0.3) is 10.8 Å². The first-order chi connectivity index (χ1) is 10.9. The third kappa shape index (κ3) is 3.42. The molecule has 7 heteroatoms. The van der Waals surface area contributed by atoms with E-state index in [1.165, 1.54) is 12.1 Å². The Hall–Kier alpha value is -1.82. The quantitative estimate of drug-likeness (QED) is 0.359. The predicted molar refractivity (Wildman–Crippen MR) is 94.8 cm³/mol. The summed E-state index contributed by atoms with van der Waals surface area (Å²) in [6.45, 7) is 0. The molecule has 116 valence electrons. The van der Waals surface area contributed by atoms with Crippen molar-refractivity contribution in [2.75, 3.05) is 0 Å². The molecule has 0 amide bonds. The van der Waals surface area contributed by atoms with Gasteiger partial charge in [0.25, 0.3) is 5.69 Å². The van der Waals surface area contributed by atoms with E-state index in [0.717, 1.165) is 15.2 Å². The molecule has 0 bridgehead atoms. The van der Waals surface area contributed by atoms with Gasteiger partial charge in [0, 0.05) is 16.6 Å². The zero-order chi connectivity index (χ0) is 16.6. The van der Waals surface area contributed by atoms with E-state index >= 15 is 0 Å². The number of ether oxygens (including phenoxy) is 1. The molecule has 23 heavy (non-hydrogen) atoms. The molecule has 0 atom stereocenters. The number of halogens is 3. The van der Waals surface area contributed by atoms with Crippen LogP contribution in [0.1, 0.15) is 0 Å². The second-order valence-electron chi connectivity index (χ2n) is 4.75. The predicted octanol–water partition coefficient (Wildman–Crippen LogP) is 6.61. The van der Waals surface area contributed by atoms with Crippen LogP contribution in [0.2, 0.25) is 10.0 Å². The Morgan fingerprint density at radius 2 is 1.57 bits per heavy atom. The number of benzene rings is 3. The van der Waals surface area contributed by atoms with E-state index in [1.54, 1.807) is 6.07 Å². The summed E-state index contributed by atoms with van der Waals surface area (Å²) in [6, 6.07) is 13.8. The van der Waals surface area contributed by atoms with Crippen molar-refractivity contribution < 1.29 is 9.66 Å². The second kappa shape index (κ2) is 6.35. The standard InChI is InChI=1S/C16H8BrCl2NO3/c17-11-3-1-10-6-13(4-2-9(10)5-11)23-16-14(18)7-12(20(21)22)8-15(16)19/h1-8H. The van der Waals surface area contributed by atoms with Crippen LogP contribution in [-0.4, -0.2) is 4.92 Å². The van der Waals surface area contributed by atoms with Gasteiger partial charge in [-0.1, -0.05) is 51.3 Å². The summed E-state index contributed by atoms with van der Waals surface area (Å²) in [6.07, 6.45) is 0. The zero-order valence-electron chi connectivity index (χ0n) is 11.4. The first-order valence-electron chi connectivity index (χ1n) is 6.44. The highest BCUT2D eigenvalue weighted by Gasteiger charge is 2.16. The Morgan fingerprint density at radius 3 is 2.22 bits per heavy atom. The van der Waals surface area contributed by atoms with Crippen LogP contribution in [0.4, 0.5) is 5.69 Å². The van der Waals surface area contributed by atoms with E-state index < -0.39 is 4.92 Å². The lowest BCUT2D eigenvalue weighted by Crippen LogP contribution is -1.91. The van der Waals surface area contributed by atoms with Crippen LogP contribution in [0.15, 0.2) is 53.0 Å². The van der Waals surface area contributed by atoms with Gasteiger partial charge in [0.05, 0.1) is 15.0 Å². The molecule has 0 saturated heterocycles. The zero-order valence-corrected chi connectivity index (χ0v) is 14.5. The molecule has 0 spiro atoms. The van der Waals surface area contributed by atoms with Crippen molar-refractivity contribution in [1.82, 2.24) is 0 Å². The van der Waals surface area contributed by atoms with Crippen LogP contribution in [-0.2, 0) is 0 Å². The summed E-state index contributed by atoms with van der Waals surface area (Å²) in [5.41, 5.74) is -0.185. The Balaban J connectivity index is 1.99. The minimum Gasteiger partial charge on any atom is -0.454 e. The highest BCUT2D eigenvalue weighted by molar-refractivity contribution is 9.10. The van der Waals surface area contributed by atoms with Crippen LogP contribution < -0.4 is 4.74 Å². The van der Waals surface area contributed by atoms with Crippen molar-refractivity contribution in [1.29, 1.82) is 0 Å². The fraction of sp³-hybridized carbons (Fsp3) is 0. The molecule has 3 aromatic rings. The van der Waals surface area contributed by atoms with Crippen LogP contribution in [0, 0.1) is 10.1 Å². The van der Waals surface area contributed by atoms with E-state index in [9.17, 15) is 10.1 Å². The number of fused-ring (bicyclic) bond motifs is 1. The van der Waals surface area contributed by atoms with E-state index in [2.05, 4.69) is 15.9 Å². The van der Waals surface area contributed by atoms with Gasteiger partial charge in [-0.2, -0.15) is 0 Å². The van der Waals surface area contributed by atoms with E-state index in [-0.39, 0.29) is 21.5 Å². The van der Waals surface area contributed by atoms with Crippen LogP contribution in [0.5, 0.6) is 11.5 Å². The number of hydrogen-bond acceptors (Lipinski definition) is 3.